The van der Waals surface area contributed by atoms with E-state index in [4.69, 9.17) is 27.9 Å². The van der Waals surface area contributed by atoms with Gasteiger partial charge >= 0.3 is 5.97 Å². The Balaban J connectivity index is 2.07. The van der Waals surface area contributed by atoms with Crippen molar-refractivity contribution in [1.29, 1.82) is 0 Å². The predicted molar refractivity (Wildman–Crippen MR) is 90.8 cm³/mol. The Labute approximate surface area is 146 Å². The predicted octanol–water partition coefficient (Wildman–Crippen LogP) is 3.92. The van der Waals surface area contributed by atoms with Crippen LogP contribution in [-0.4, -0.2) is 24.0 Å². The van der Waals surface area contributed by atoms with Crippen LogP contribution >= 0.6 is 23.2 Å². The molecule has 6 heteroatoms. The number of nitrogens with one attached hydrogen (secondary N) is 1. The Morgan fingerprint density at radius 1 is 1.17 bits per heavy atom. The number of rotatable bonds is 5. The maximum Gasteiger partial charge on any atom is 0.331 e. The largest absolute Gasteiger partial charge is 0.464 e. The van der Waals surface area contributed by atoms with Crippen LogP contribution in [0.25, 0.3) is 0 Å². The third-order valence-corrected chi connectivity index (χ3v) is 4.84. The van der Waals surface area contributed by atoms with Gasteiger partial charge in [-0.15, -0.1) is 0 Å². The van der Waals surface area contributed by atoms with E-state index in [0.717, 1.165) is 24.8 Å². The molecule has 126 valence electrons. The monoisotopic (exact) mass is 357 g/mol. The van der Waals surface area contributed by atoms with E-state index in [2.05, 4.69) is 5.32 Å². The lowest BCUT2D eigenvalue weighted by Crippen LogP contribution is -2.56. The van der Waals surface area contributed by atoms with Gasteiger partial charge in [-0.3, -0.25) is 4.79 Å². The SMILES string of the molecule is CCOC(=O)C1(NC(=O)Cc2ccc(Cl)c(Cl)c2)CCCCC1. The molecule has 0 unspecified atom stereocenters. The molecule has 1 aliphatic rings. The summed E-state index contributed by atoms with van der Waals surface area (Å²) in [5.74, 6) is -0.541. The zero-order valence-electron chi connectivity index (χ0n) is 13.2. The lowest BCUT2D eigenvalue weighted by atomic mass is 9.81. The molecule has 1 aliphatic carbocycles. The number of amides is 1. The summed E-state index contributed by atoms with van der Waals surface area (Å²) in [6.07, 6.45) is 4.29. The minimum atomic E-state index is -0.887. The number of carbonyl (C=O) groups excluding carboxylic acids is 2. The third kappa shape index (κ3) is 4.61. The molecule has 0 atom stereocenters. The van der Waals surface area contributed by atoms with Gasteiger partial charge in [-0.25, -0.2) is 4.79 Å². The van der Waals surface area contributed by atoms with Crippen molar-refractivity contribution in [3.63, 3.8) is 0 Å². The normalized spacial score (nSPS) is 16.7. The zero-order valence-corrected chi connectivity index (χ0v) is 14.7. The van der Waals surface area contributed by atoms with Crippen molar-refractivity contribution in [2.75, 3.05) is 6.61 Å². The van der Waals surface area contributed by atoms with Gasteiger partial charge in [0.1, 0.15) is 5.54 Å². The minimum absolute atomic E-state index is 0.151. The zero-order chi connectivity index (χ0) is 16.9. The fourth-order valence-electron chi connectivity index (χ4n) is 2.95. The van der Waals surface area contributed by atoms with Crippen LogP contribution in [0.5, 0.6) is 0 Å². The average Bonchev–Trinajstić information content (AvgIpc) is 2.52. The summed E-state index contributed by atoms with van der Waals surface area (Å²) in [6.45, 7) is 2.08. The third-order valence-electron chi connectivity index (χ3n) is 4.10. The fraction of sp³-hybridized carbons (Fsp3) is 0.529. The number of ether oxygens (including phenoxy) is 1. The second-order valence-corrected chi connectivity index (χ2v) is 6.65. The molecule has 23 heavy (non-hydrogen) atoms. The molecular formula is C17H21Cl2NO3. The van der Waals surface area contributed by atoms with E-state index in [0.29, 0.717) is 29.5 Å². The highest BCUT2D eigenvalue weighted by Gasteiger charge is 2.42. The van der Waals surface area contributed by atoms with Crippen molar-refractivity contribution < 1.29 is 14.3 Å². The second kappa shape index (κ2) is 8.02. The second-order valence-electron chi connectivity index (χ2n) is 5.84. The van der Waals surface area contributed by atoms with Crippen molar-refractivity contribution in [2.45, 2.75) is 51.0 Å². The molecule has 0 bridgehead atoms. The molecule has 2 rings (SSSR count). The molecule has 4 nitrogen and oxygen atoms in total. The van der Waals surface area contributed by atoms with Crippen LogP contribution in [0.1, 0.15) is 44.6 Å². The van der Waals surface area contributed by atoms with Gasteiger partial charge in [-0.05, 0) is 37.5 Å². The topological polar surface area (TPSA) is 55.4 Å². The van der Waals surface area contributed by atoms with Gasteiger partial charge in [0.25, 0.3) is 0 Å². The minimum Gasteiger partial charge on any atom is -0.464 e. The lowest BCUT2D eigenvalue weighted by Gasteiger charge is -2.35. The number of hydrogen-bond donors (Lipinski definition) is 1. The Kier molecular flexibility index (Phi) is 6.31. The molecule has 1 N–H and O–H groups in total. The standard InChI is InChI=1S/C17H21Cl2NO3/c1-2-23-16(22)17(8-4-3-5-9-17)20-15(21)11-12-6-7-13(18)14(19)10-12/h6-7,10H,2-5,8-9,11H2,1H3,(H,20,21). The number of carbonyl (C=O) groups is 2. The van der Waals surface area contributed by atoms with Crippen LogP contribution in [0.3, 0.4) is 0 Å². The first-order chi connectivity index (χ1) is 11.0. The molecule has 0 saturated heterocycles. The first-order valence-corrected chi connectivity index (χ1v) is 8.64. The highest BCUT2D eigenvalue weighted by molar-refractivity contribution is 6.42. The van der Waals surface area contributed by atoms with Crippen molar-refractivity contribution in [3.8, 4) is 0 Å². The number of benzene rings is 1. The molecule has 1 fully saturated rings. The molecule has 1 amide bonds. The molecule has 1 aromatic carbocycles. The van der Waals surface area contributed by atoms with Crippen LogP contribution in [0.4, 0.5) is 0 Å². The van der Waals surface area contributed by atoms with E-state index in [-0.39, 0.29) is 18.3 Å². The maximum absolute atomic E-state index is 12.4. The van der Waals surface area contributed by atoms with E-state index in [1.165, 1.54) is 0 Å². The molecule has 0 aromatic heterocycles. The van der Waals surface area contributed by atoms with E-state index in [1.807, 2.05) is 0 Å². The van der Waals surface area contributed by atoms with Crippen molar-refractivity contribution in [2.24, 2.45) is 0 Å². The molecular weight excluding hydrogens is 337 g/mol. The van der Waals surface area contributed by atoms with E-state index < -0.39 is 5.54 Å². The van der Waals surface area contributed by atoms with E-state index in [1.54, 1.807) is 25.1 Å². The van der Waals surface area contributed by atoms with Gasteiger partial charge in [0.2, 0.25) is 5.91 Å². The van der Waals surface area contributed by atoms with Crippen LogP contribution in [0.15, 0.2) is 18.2 Å². The molecule has 1 saturated carbocycles. The van der Waals surface area contributed by atoms with E-state index >= 15 is 0 Å². The molecule has 0 radical (unpaired) electrons. The summed E-state index contributed by atoms with van der Waals surface area (Å²) in [4.78, 5) is 24.7. The van der Waals surface area contributed by atoms with Gasteiger partial charge in [-0.1, -0.05) is 48.5 Å². The van der Waals surface area contributed by atoms with Crippen molar-refractivity contribution in [3.05, 3.63) is 33.8 Å². The summed E-state index contributed by atoms with van der Waals surface area (Å²) < 4.78 is 5.18. The number of halogens is 2. The Hall–Kier alpha value is -1.26. The van der Waals surface area contributed by atoms with Gasteiger partial charge < -0.3 is 10.1 Å². The van der Waals surface area contributed by atoms with E-state index in [9.17, 15) is 9.59 Å². The first-order valence-electron chi connectivity index (χ1n) is 7.89. The van der Waals surface area contributed by atoms with Crippen molar-refractivity contribution in [1.82, 2.24) is 5.32 Å². The van der Waals surface area contributed by atoms with Gasteiger partial charge in [0, 0.05) is 0 Å². The Bertz CT molecular complexity index is 583. The summed E-state index contributed by atoms with van der Waals surface area (Å²) in [5, 5.41) is 3.77. The van der Waals surface area contributed by atoms with Crippen LogP contribution in [0.2, 0.25) is 10.0 Å². The first kappa shape index (κ1) is 18.1. The summed E-state index contributed by atoms with van der Waals surface area (Å²) in [7, 11) is 0. The maximum atomic E-state index is 12.4. The number of esters is 1. The summed E-state index contributed by atoms with van der Waals surface area (Å²) in [6, 6.07) is 5.08. The summed E-state index contributed by atoms with van der Waals surface area (Å²) in [5.41, 5.74) is -0.131. The Morgan fingerprint density at radius 3 is 2.48 bits per heavy atom. The quantitative estimate of drug-likeness (QED) is 0.812. The average molecular weight is 358 g/mol. The van der Waals surface area contributed by atoms with Crippen LogP contribution in [-0.2, 0) is 20.7 Å². The highest BCUT2D eigenvalue weighted by atomic mass is 35.5. The lowest BCUT2D eigenvalue weighted by molar-refractivity contribution is -0.155. The van der Waals surface area contributed by atoms with Crippen LogP contribution in [0, 0.1) is 0 Å². The highest BCUT2D eigenvalue weighted by Crippen LogP contribution is 2.30. The van der Waals surface area contributed by atoms with Gasteiger partial charge in [0.15, 0.2) is 0 Å². The molecule has 0 aliphatic heterocycles. The Morgan fingerprint density at radius 2 is 1.87 bits per heavy atom. The van der Waals surface area contributed by atoms with Gasteiger partial charge in [-0.2, -0.15) is 0 Å². The fourth-order valence-corrected chi connectivity index (χ4v) is 3.27. The van der Waals surface area contributed by atoms with Crippen molar-refractivity contribution >= 4 is 35.1 Å². The smallest absolute Gasteiger partial charge is 0.331 e. The number of hydrogen-bond acceptors (Lipinski definition) is 3. The summed E-state index contributed by atoms with van der Waals surface area (Å²) >= 11 is 11.8. The molecule has 0 spiro atoms. The molecule has 1 aromatic rings. The molecule has 0 heterocycles. The van der Waals surface area contributed by atoms with Gasteiger partial charge in [0.05, 0.1) is 23.1 Å². The van der Waals surface area contributed by atoms with Crippen LogP contribution < -0.4 is 5.32 Å².